The van der Waals surface area contributed by atoms with Crippen molar-refractivity contribution in [3.05, 3.63) is 11.5 Å². The van der Waals surface area contributed by atoms with Gasteiger partial charge in [-0.15, -0.1) is 11.8 Å². The lowest BCUT2D eigenvalue weighted by atomic mass is 10.1. The summed E-state index contributed by atoms with van der Waals surface area (Å²) in [6, 6.07) is 0. The average molecular weight is 131 g/mol. The first-order valence-electron chi connectivity index (χ1n) is 2.50. The highest BCUT2D eigenvalue weighted by Crippen LogP contribution is 2.19. The second kappa shape index (κ2) is 2.55. The fourth-order valence-corrected chi connectivity index (χ4v) is 0.789. The van der Waals surface area contributed by atoms with E-state index in [1.165, 1.54) is 0 Å². The molecule has 8 heavy (non-hydrogen) atoms. The van der Waals surface area contributed by atoms with Crippen molar-refractivity contribution >= 4 is 11.8 Å². The van der Waals surface area contributed by atoms with Crippen LogP contribution in [0.3, 0.4) is 0 Å². The molecule has 0 aliphatic heterocycles. The van der Waals surface area contributed by atoms with E-state index in [1.807, 2.05) is 20.1 Å². The molecule has 0 heterocycles. The summed E-state index contributed by atoms with van der Waals surface area (Å²) in [6.07, 6.45) is 1.98. The van der Waals surface area contributed by atoms with Crippen molar-refractivity contribution in [1.82, 2.24) is 0 Å². The third-order valence-electron chi connectivity index (χ3n) is 0.965. The van der Waals surface area contributed by atoms with Gasteiger partial charge in [0.1, 0.15) is 0 Å². The van der Waals surface area contributed by atoms with Gasteiger partial charge in [0.15, 0.2) is 0 Å². The lowest BCUT2D eigenvalue weighted by Gasteiger charge is -2.19. The summed E-state index contributed by atoms with van der Waals surface area (Å²) in [7, 11) is 0. The second-order valence-electron chi connectivity index (χ2n) is 2.35. The van der Waals surface area contributed by atoms with Gasteiger partial charge in [0.05, 0.1) is 0 Å². The molecule has 2 heteroatoms. The highest BCUT2D eigenvalue weighted by atomic mass is 32.2. The quantitative estimate of drug-likeness (QED) is 0.616. The van der Waals surface area contributed by atoms with Crippen molar-refractivity contribution < 1.29 is 0 Å². The van der Waals surface area contributed by atoms with Gasteiger partial charge in [-0.3, -0.25) is 0 Å². The predicted octanol–water partition coefficient (Wildman–Crippen LogP) is 1.60. The maximum Gasteiger partial charge on any atom is 0.0406 e. The third-order valence-corrected chi connectivity index (χ3v) is 1.98. The van der Waals surface area contributed by atoms with E-state index in [4.69, 9.17) is 5.73 Å². The van der Waals surface area contributed by atoms with E-state index < -0.39 is 0 Å². The van der Waals surface area contributed by atoms with Crippen LogP contribution in [0.2, 0.25) is 0 Å². The van der Waals surface area contributed by atoms with Crippen molar-refractivity contribution in [2.75, 3.05) is 6.26 Å². The summed E-state index contributed by atoms with van der Waals surface area (Å²) in [4.78, 5) is 1.03. The first-order chi connectivity index (χ1) is 3.48. The monoisotopic (exact) mass is 131 g/mol. The van der Waals surface area contributed by atoms with Crippen molar-refractivity contribution in [1.29, 1.82) is 0 Å². The third kappa shape index (κ3) is 2.38. The van der Waals surface area contributed by atoms with E-state index in [0.717, 1.165) is 4.91 Å². The van der Waals surface area contributed by atoms with E-state index in [9.17, 15) is 0 Å². The van der Waals surface area contributed by atoms with E-state index in [-0.39, 0.29) is 5.54 Å². The Balaban J connectivity index is 3.82. The molecule has 0 amide bonds. The van der Waals surface area contributed by atoms with Crippen molar-refractivity contribution in [3.8, 4) is 0 Å². The minimum absolute atomic E-state index is 0.223. The van der Waals surface area contributed by atoms with Crippen molar-refractivity contribution in [2.45, 2.75) is 19.4 Å². The molecule has 0 aliphatic rings. The fourth-order valence-electron chi connectivity index (χ4n) is 0.263. The molecule has 0 fully saturated rings. The Hall–Kier alpha value is 0.0500. The van der Waals surface area contributed by atoms with Crippen LogP contribution in [0.15, 0.2) is 11.5 Å². The van der Waals surface area contributed by atoms with Crippen LogP contribution in [0.5, 0.6) is 0 Å². The molecule has 0 atom stereocenters. The van der Waals surface area contributed by atoms with Gasteiger partial charge in [0, 0.05) is 5.54 Å². The molecule has 0 rings (SSSR count). The van der Waals surface area contributed by atoms with E-state index >= 15 is 0 Å². The molecule has 2 N–H and O–H groups in total. The standard InChI is InChI=1S/C6H13NS/c1-5(8-4)6(2,3)7/h1,7H2,2-4H3. The van der Waals surface area contributed by atoms with E-state index in [2.05, 4.69) is 6.58 Å². The predicted molar refractivity (Wildman–Crippen MR) is 40.9 cm³/mol. The van der Waals surface area contributed by atoms with Gasteiger partial charge in [0.25, 0.3) is 0 Å². The number of rotatable bonds is 2. The number of hydrogen-bond donors (Lipinski definition) is 1. The minimum atomic E-state index is -0.223. The molecule has 0 radical (unpaired) electrons. The van der Waals surface area contributed by atoms with Gasteiger partial charge in [-0.1, -0.05) is 6.58 Å². The van der Waals surface area contributed by atoms with E-state index in [1.54, 1.807) is 11.8 Å². The van der Waals surface area contributed by atoms with Crippen LogP contribution < -0.4 is 5.73 Å². The van der Waals surface area contributed by atoms with Crippen LogP contribution in [0.1, 0.15) is 13.8 Å². The number of nitrogens with two attached hydrogens (primary N) is 1. The maximum absolute atomic E-state index is 5.67. The maximum atomic E-state index is 5.67. The van der Waals surface area contributed by atoms with Gasteiger partial charge in [0.2, 0.25) is 0 Å². The molecule has 0 aromatic carbocycles. The molecule has 0 saturated heterocycles. The van der Waals surface area contributed by atoms with E-state index in [0.29, 0.717) is 0 Å². The molecule has 0 aromatic rings. The second-order valence-corrected chi connectivity index (χ2v) is 3.25. The highest BCUT2D eigenvalue weighted by molar-refractivity contribution is 8.02. The Kier molecular flexibility index (Phi) is 2.57. The molecule has 0 unspecified atom stereocenters. The van der Waals surface area contributed by atoms with Crippen molar-refractivity contribution in [3.63, 3.8) is 0 Å². The normalized spacial score (nSPS) is 11.5. The van der Waals surface area contributed by atoms with Gasteiger partial charge in [-0.2, -0.15) is 0 Å². The topological polar surface area (TPSA) is 26.0 Å². The largest absolute Gasteiger partial charge is 0.321 e. The Bertz CT molecular complexity index is 91.2. The van der Waals surface area contributed by atoms with Crippen LogP contribution in [-0.4, -0.2) is 11.8 Å². The molecule has 0 aromatic heterocycles. The minimum Gasteiger partial charge on any atom is -0.321 e. The fraction of sp³-hybridized carbons (Fsp3) is 0.667. The molecule has 1 nitrogen and oxygen atoms in total. The summed E-state index contributed by atoms with van der Waals surface area (Å²) in [6.45, 7) is 7.68. The molecule has 0 bridgehead atoms. The number of thioether (sulfide) groups is 1. The van der Waals surface area contributed by atoms with Crippen LogP contribution in [0.25, 0.3) is 0 Å². The Morgan fingerprint density at radius 2 is 2.00 bits per heavy atom. The Labute approximate surface area is 55.3 Å². The lowest BCUT2D eigenvalue weighted by molar-refractivity contribution is 0.645. The zero-order valence-electron chi connectivity index (χ0n) is 5.69. The van der Waals surface area contributed by atoms with Crippen LogP contribution in [-0.2, 0) is 0 Å². The summed E-state index contributed by atoms with van der Waals surface area (Å²) in [5.74, 6) is 0. The van der Waals surface area contributed by atoms with Crippen molar-refractivity contribution in [2.24, 2.45) is 5.73 Å². The number of hydrogen-bond acceptors (Lipinski definition) is 2. The van der Waals surface area contributed by atoms with Gasteiger partial charge >= 0.3 is 0 Å². The Morgan fingerprint density at radius 3 is 2.00 bits per heavy atom. The first-order valence-corrected chi connectivity index (χ1v) is 3.73. The molecule has 0 aliphatic carbocycles. The zero-order valence-corrected chi connectivity index (χ0v) is 6.51. The summed E-state index contributed by atoms with van der Waals surface area (Å²) >= 11 is 1.61. The van der Waals surface area contributed by atoms with Gasteiger partial charge in [-0.05, 0) is 25.0 Å². The zero-order chi connectivity index (χ0) is 6.78. The van der Waals surface area contributed by atoms with Crippen LogP contribution >= 0.6 is 11.8 Å². The lowest BCUT2D eigenvalue weighted by Crippen LogP contribution is -2.32. The molecular formula is C6H13NS. The SMILES string of the molecule is C=C(SC)C(C)(C)N. The molecule has 0 saturated carbocycles. The average Bonchev–Trinajstić information content (AvgIpc) is 1.62. The highest BCUT2D eigenvalue weighted by Gasteiger charge is 2.12. The Morgan fingerprint density at radius 1 is 1.62 bits per heavy atom. The van der Waals surface area contributed by atoms with Crippen LogP contribution in [0, 0.1) is 0 Å². The smallest absolute Gasteiger partial charge is 0.0406 e. The molecule has 48 valence electrons. The van der Waals surface area contributed by atoms with Gasteiger partial charge in [-0.25, -0.2) is 0 Å². The van der Waals surface area contributed by atoms with Crippen LogP contribution in [0.4, 0.5) is 0 Å². The first kappa shape index (κ1) is 8.05. The molecule has 0 spiro atoms. The summed E-state index contributed by atoms with van der Waals surface area (Å²) in [5.41, 5.74) is 5.45. The summed E-state index contributed by atoms with van der Waals surface area (Å²) in [5, 5.41) is 0. The molecular weight excluding hydrogens is 118 g/mol. The summed E-state index contributed by atoms with van der Waals surface area (Å²) < 4.78 is 0. The van der Waals surface area contributed by atoms with Gasteiger partial charge < -0.3 is 5.73 Å².